The number of hydrogen-bond donors (Lipinski definition) is 1. The average molecular weight is 374 g/mol. The maximum absolute atomic E-state index is 12.9. The van der Waals surface area contributed by atoms with Crippen LogP contribution in [0.4, 0.5) is 17.6 Å². The first-order valence-corrected chi connectivity index (χ1v) is 7.43. The van der Waals surface area contributed by atoms with Crippen LogP contribution in [-0.2, 0) is 10.5 Å². The molecule has 20 heavy (non-hydrogen) atoms. The van der Waals surface area contributed by atoms with Crippen molar-refractivity contribution in [2.75, 3.05) is 6.54 Å². The zero-order valence-electron chi connectivity index (χ0n) is 10.4. The number of benzene rings is 1. The quantitative estimate of drug-likeness (QED) is 0.793. The van der Waals surface area contributed by atoms with Gasteiger partial charge in [0.05, 0.1) is 5.25 Å². The number of rotatable bonds is 5. The molecule has 1 rings (SSSR count). The van der Waals surface area contributed by atoms with Gasteiger partial charge in [-0.1, -0.05) is 22.0 Å². The van der Waals surface area contributed by atoms with Crippen molar-refractivity contribution in [3.05, 3.63) is 34.1 Å². The molecule has 0 aliphatic carbocycles. The molecular formula is C12H12BrF4NOS. The smallest absolute Gasteiger partial charge is 0.346 e. The van der Waals surface area contributed by atoms with E-state index in [1.807, 2.05) is 5.32 Å². The largest absolute Gasteiger partial charge is 0.405 e. The van der Waals surface area contributed by atoms with Crippen molar-refractivity contribution in [3.8, 4) is 0 Å². The molecule has 1 unspecified atom stereocenters. The Morgan fingerprint density at radius 2 is 2.10 bits per heavy atom. The molecule has 0 saturated carbocycles. The highest BCUT2D eigenvalue weighted by Gasteiger charge is 2.28. The summed E-state index contributed by atoms with van der Waals surface area (Å²) in [7, 11) is 0. The predicted molar refractivity (Wildman–Crippen MR) is 73.9 cm³/mol. The van der Waals surface area contributed by atoms with Crippen molar-refractivity contribution in [3.63, 3.8) is 0 Å². The lowest BCUT2D eigenvalue weighted by Crippen LogP contribution is -2.38. The number of halogens is 5. The third-order valence-electron chi connectivity index (χ3n) is 2.34. The minimum atomic E-state index is -4.42. The second-order valence-electron chi connectivity index (χ2n) is 4.02. The van der Waals surface area contributed by atoms with Crippen molar-refractivity contribution in [1.82, 2.24) is 5.32 Å². The Bertz CT molecular complexity index is 481. The van der Waals surface area contributed by atoms with Crippen LogP contribution in [0.1, 0.15) is 12.5 Å². The van der Waals surface area contributed by atoms with Crippen molar-refractivity contribution < 1.29 is 22.4 Å². The van der Waals surface area contributed by atoms with Gasteiger partial charge in [-0.2, -0.15) is 13.2 Å². The molecule has 0 spiro atoms. The van der Waals surface area contributed by atoms with Gasteiger partial charge in [0.25, 0.3) is 0 Å². The summed E-state index contributed by atoms with van der Waals surface area (Å²) in [6.07, 6.45) is -4.42. The van der Waals surface area contributed by atoms with Crippen LogP contribution in [0.25, 0.3) is 0 Å². The lowest BCUT2D eigenvalue weighted by Gasteiger charge is -2.13. The van der Waals surface area contributed by atoms with Crippen LogP contribution in [0.15, 0.2) is 22.7 Å². The molecule has 8 heteroatoms. The molecule has 0 aromatic heterocycles. The molecule has 1 N–H and O–H groups in total. The number of amides is 1. The Morgan fingerprint density at radius 1 is 1.45 bits per heavy atom. The molecule has 1 aromatic rings. The fraction of sp³-hybridized carbons (Fsp3) is 0.417. The zero-order chi connectivity index (χ0) is 15.3. The van der Waals surface area contributed by atoms with Crippen molar-refractivity contribution >= 4 is 33.6 Å². The minimum Gasteiger partial charge on any atom is -0.346 e. The molecular weight excluding hydrogens is 362 g/mol. The normalized spacial score (nSPS) is 13.1. The number of alkyl halides is 3. The highest BCUT2D eigenvalue weighted by molar-refractivity contribution is 9.10. The Balaban J connectivity index is 2.46. The molecule has 0 bridgehead atoms. The molecule has 0 aliphatic rings. The lowest BCUT2D eigenvalue weighted by molar-refractivity contribution is -0.137. The summed E-state index contributed by atoms with van der Waals surface area (Å²) in [5.41, 5.74) is 0.770. The van der Waals surface area contributed by atoms with Crippen LogP contribution >= 0.6 is 27.7 Å². The lowest BCUT2D eigenvalue weighted by atomic mass is 10.2. The summed E-state index contributed by atoms with van der Waals surface area (Å²) in [4.78, 5) is 11.4. The fourth-order valence-electron chi connectivity index (χ4n) is 1.26. The second kappa shape index (κ2) is 7.31. The van der Waals surface area contributed by atoms with E-state index in [1.165, 1.54) is 30.8 Å². The molecule has 0 aliphatic heterocycles. The van der Waals surface area contributed by atoms with Crippen LogP contribution in [-0.4, -0.2) is 23.9 Å². The van der Waals surface area contributed by atoms with Crippen molar-refractivity contribution in [2.24, 2.45) is 0 Å². The molecule has 1 atom stereocenters. The Labute approximate surface area is 126 Å². The average Bonchev–Trinajstić information content (AvgIpc) is 2.33. The van der Waals surface area contributed by atoms with Crippen LogP contribution < -0.4 is 5.32 Å². The standard InChI is InChI=1S/C12H12BrF4NOS/c1-7(11(19)18-6-12(15,16)17)20-5-8-2-3-9(14)4-10(8)13/h2-4,7H,5-6H2,1H3,(H,18,19). The Kier molecular flexibility index (Phi) is 6.32. The minimum absolute atomic E-state index is 0.387. The summed E-state index contributed by atoms with van der Waals surface area (Å²) >= 11 is 4.36. The van der Waals surface area contributed by atoms with E-state index in [0.717, 1.165) is 5.56 Å². The van der Waals surface area contributed by atoms with Crippen molar-refractivity contribution in [2.45, 2.75) is 24.1 Å². The van der Waals surface area contributed by atoms with Gasteiger partial charge in [0.15, 0.2) is 0 Å². The molecule has 0 saturated heterocycles. The monoisotopic (exact) mass is 373 g/mol. The van der Waals surface area contributed by atoms with Gasteiger partial charge in [-0.05, 0) is 24.6 Å². The number of carbonyl (C=O) groups excluding carboxylic acids is 1. The first kappa shape index (κ1) is 17.3. The molecule has 1 aromatic carbocycles. The van der Waals surface area contributed by atoms with E-state index in [1.54, 1.807) is 6.07 Å². The van der Waals surface area contributed by atoms with Gasteiger partial charge in [0, 0.05) is 10.2 Å². The zero-order valence-corrected chi connectivity index (χ0v) is 12.8. The number of nitrogens with one attached hydrogen (secondary N) is 1. The maximum Gasteiger partial charge on any atom is 0.405 e. The maximum atomic E-state index is 12.9. The topological polar surface area (TPSA) is 29.1 Å². The molecule has 1 amide bonds. The van der Waals surface area contributed by atoms with E-state index in [0.29, 0.717) is 10.2 Å². The van der Waals surface area contributed by atoms with E-state index in [-0.39, 0.29) is 5.82 Å². The van der Waals surface area contributed by atoms with Gasteiger partial charge in [-0.15, -0.1) is 11.8 Å². The van der Waals surface area contributed by atoms with Crippen LogP contribution in [0.5, 0.6) is 0 Å². The van der Waals surface area contributed by atoms with Gasteiger partial charge in [-0.25, -0.2) is 4.39 Å². The third kappa shape index (κ3) is 6.13. The first-order chi connectivity index (χ1) is 9.19. The molecule has 112 valence electrons. The molecule has 0 fully saturated rings. The van der Waals surface area contributed by atoms with E-state index >= 15 is 0 Å². The molecule has 0 radical (unpaired) electrons. The van der Waals surface area contributed by atoms with E-state index in [4.69, 9.17) is 0 Å². The molecule has 2 nitrogen and oxygen atoms in total. The highest BCUT2D eigenvalue weighted by Crippen LogP contribution is 2.25. The Hall–Kier alpha value is -0.760. The van der Waals surface area contributed by atoms with Crippen LogP contribution in [0.3, 0.4) is 0 Å². The SMILES string of the molecule is CC(SCc1ccc(F)cc1Br)C(=O)NCC(F)(F)F. The number of hydrogen-bond acceptors (Lipinski definition) is 2. The van der Waals surface area contributed by atoms with Gasteiger partial charge >= 0.3 is 6.18 Å². The van der Waals surface area contributed by atoms with E-state index < -0.39 is 23.9 Å². The summed E-state index contributed by atoms with van der Waals surface area (Å²) in [5.74, 6) is -0.672. The summed E-state index contributed by atoms with van der Waals surface area (Å²) in [5, 5.41) is 1.20. The van der Waals surface area contributed by atoms with Gasteiger partial charge in [-0.3, -0.25) is 4.79 Å². The summed E-state index contributed by atoms with van der Waals surface area (Å²) in [6, 6.07) is 4.14. The fourth-order valence-corrected chi connectivity index (χ4v) is 2.85. The van der Waals surface area contributed by atoms with Crippen LogP contribution in [0.2, 0.25) is 0 Å². The van der Waals surface area contributed by atoms with Gasteiger partial charge in [0.1, 0.15) is 12.4 Å². The second-order valence-corrected chi connectivity index (χ2v) is 6.21. The predicted octanol–water partition coefficient (Wildman–Crippen LogP) is 3.89. The summed E-state index contributed by atoms with van der Waals surface area (Å²) < 4.78 is 49.3. The van der Waals surface area contributed by atoms with Crippen molar-refractivity contribution in [1.29, 1.82) is 0 Å². The van der Waals surface area contributed by atoms with Gasteiger partial charge < -0.3 is 5.32 Å². The third-order valence-corrected chi connectivity index (χ3v) is 4.27. The van der Waals surface area contributed by atoms with E-state index in [9.17, 15) is 22.4 Å². The first-order valence-electron chi connectivity index (χ1n) is 5.59. The number of carbonyl (C=O) groups is 1. The van der Waals surface area contributed by atoms with Gasteiger partial charge in [0.2, 0.25) is 5.91 Å². The molecule has 0 heterocycles. The Morgan fingerprint density at radius 3 is 2.65 bits per heavy atom. The van der Waals surface area contributed by atoms with Crippen LogP contribution in [0, 0.1) is 5.82 Å². The number of thioether (sulfide) groups is 1. The highest BCUT2D eigenvalue weighted by atomic mass is 79.9. The summed E-state index contributed by atoms with van der Waals surface area (Å²) in [6.45, 7) is 0.185. The van der Waals surface area contributed by atoms with E-state index in [2.05, 4.69) is 15.9 Å².